The van der Waals surface area contributed by atoms with Crippen LogP contribution in [0.25, 0.3) is 0 Å². The van der Waals surface area contributed by atoms with Gasteiger partial charge in [-0.15, -0.1) is 0 Å². The Labute approximate surface area is 86.4 Å². The minimum atomic E-state index is 0.120. The maximum atomic E-state index is 5.48. The lowest BCUT2D eigenvalue weighted by molar-refractivity contribution is 0.117. The number of aryl methyl sites for hydroxylation is 2. The molecule has 0 saturated heterocycles. The molecule has 2 nitrogen and oxygen atoms in total. The Morgan fingerprint density at radius 2 is 1.92 bits per heavy atom. The molecule has 1 atom stereocenters. The number of methoxy groups -OCH3 is 1. The Kier molecular flexibility index (Phi) is 3.17. The van der Waals surface area contributed by atoms with Crippen molar-refractivity contribution in [3.05, 3.63) is 20.7 Å². The van der Waals surface area contributed by atoms with Crippen LogP contribution in [0, 0.1) is 17.4 Å². The highest BCUT2D eigenvalue weighted by atomic mass is 127. The maximum absolute atomic E-state index is 5.48. The summed E-state index contributed by atoms with van der Waals surface area (Å²) in [5, 5.41) is 0. The lowest BCUT2D eigenvalue weighted by Crippen LogP contribution is -1.97. The van der Waals surface area contributed by atoms with E-state index < -0.39 is 0 Å². The first-order valence-electron chi connectivity index (χ1n) is 3.86. The van der Waals surface area contributed by atoms with Crippen LogP contribution in [0.1, 0.15) is 30.1 Å². The molecule has 1 unspecified atom stereocenters. The largest absolute Gasteiger partial charge is 0.465 e. The molecule has 0 fully saturated rings. The van der Waals surface area contributed by atoms with E-state index in [1.54, 1.807) is 7.11 Å². The van der Waals surface area contributed by atoms with Crippen molar-refractivity contribution in [3.63, 3.8) is 0 Å². The van der Waals surface area contributed by atoms with E-state index in [1.165, 1.54) is 9.13 Å². The van der Waals surface area contributed by atoms with E-state index in [4.69, 9.17) is 9.15 Å². The van der Waals surface area contributed by atoms with Gasteiger partial charge in [-0.1, -0.05) is 0 Å². The van der Waals surface area contributed by atoms with Gasteiger partial charge in [0, 0.05) is 12.7 Å². The molecule has 0 bridgehead atoms. The van der Waals surface area contributed by atoms with E-state index in [0.29, 0.717) is 0 Å². The summed E-state index contributed by atoms with van der Waals surface area (Å²) >= 11 is 2.29. The first-order chi connectivity index (χ1) is 5.57. The number of rotatable bonds is 2. The number of furan rings is 1. The zero-order valence-corrected chi connectivity index (χ0v) is 9.93. The van der Waals surface area contributed by atoms with Crippen molar-refractivity contribution in [2.45, 2.75) is 26.9 Å². The molecule has 0 amide bonds. The quantitative estimate of drug-likeness (QED) is 0.776. The third-order valence-electron chi connectivity index (χ3n) is 1.99. The van der Waals surface area contributed by atoms with E-state index in [-0.39, 0.29) is 6.10 Å². The highest BCUT2D eigenvalue weighted by molar-refractivity contribution is 14.1. The molecule has 0 N–H and O–H groups in total. The van der Waals surface area contributed by atoms with E-state index in [0.717, 1.165) is 11.5 Å². The Morgan fingerprint density at radius 1 is 1.33 bits per heavy atom. The van der Waals surface area contributed by atoms with Crippen molar-refractivity contribution in [1.82, 2.24) is 0 Å². The summed E-state index contributed by atoms with van der Waals surface area (Å²) in [6.45, 7) is 5.97. The fraction of sp³-hybridized carbons (Fsp3) is 0.556. The van der Waals surface area contributed by atoms with Crippen molar-refractivity contribution in [2.24, 2.45) is 0 Å². The molecule has 0 saturated carbocycles. The molecule has 1 aromatic rings. The molecular weight excluding hydrogens is 267 g/mol. The average molecular weight is 280 g/mol. The first-order valence-corrected chi connectivity index (χ1v) is 4.94. The second-order valence-corrected chi connectivity index (χ2v) is 3.90. The van der Waals surface area contributed by atoms with Gasteiger partial charge in [-0.25, -0.2) is 0 Å². The fourth-order valence-corrected chi connectivity index (χ4v) is 2.18. The summed E-state index contributed by atoms with van der Waals surface area (Å²) < 4.78 is 11.9. The molecule has 0 radical (unpaired) electrons. The zero-order chi connectivity index (χ0) is 9.30. The minimum Gasteiger partial charge on any atom is -0.465 e. The van der Waals surface area contributed by atoms with Crippen molar-refractivity contribution < 1.29 is 9.15 Å². The van der Waals surface area contributed by atoms with E-state index >= 15 is 0 Å². The van der Waals surface area contributed by atoms with Gasteiger partial charge in [-0.3, -0.25) is 0 Å². The Balaban J connectivity index is 3.13. The minimum absolute atomic E-state index is 0.120. The van der Waals surface area contributed by atoms with Crippen LogP contribution >= 0.6 is 22.6 Å². The van der Waals surface area contributed by atoms with Gasteiger partial charge in [0.15, 0.2) is 0 Å². The molecule has 1 heterocycles. The normalized spacial score (nSPS) is 13.4. The summed E-state index contributed by atoms with van der Waals surface area (Å²) in [6, 6.07) is 0. The van der Waals surface area contributed by atoms with E-state index in [9.17, 15) is 0 Å². The molecular formula is C9H13IO2. The Hall–Kier alpha value is -0.0300. The number of halogens is 1. The molecule has 0 aliphatic heterocycles. The van der Waals surface area contributed by atoms with Gasteiger partial charge in [0.25, 0.3) is 0 Å². The van der Waals surface area contributed by atoms with Gasteiger partial charge in [-0.2, -0.15) is 0 Å². The third-order valence-corrected chi connectivity index (χ3v) is 3.33. The van der Waals surface area contributed by atoms with Crippen LogP contribution in [0.5, 0.6) is 0 Å². The summed E-state index contributed by atoms with van der Waals surface area (Å²) in [7, 11) is 1.71. The van der Waals surface area contributed by atoms with Crippen molar-refractivity contribution in [2.75, 3.05) is 7.11 Å². The molecule has 3 heteroatoms. The maximum Gasteiger partial charge on any atom is 0.114 e. The van der Waals surface area contributed by atoms with Gasteiger partial charge in [0.2, 0.25) is 0 Å². The third kappa shape index (κ3) is 1.66. The summed E-state index contributed by atoms with van der Waals surface area (Å²) in [5.74, 6) is 1.94. The average Bonchev–Trinajstić information content (AvgIpc) is 2.26. The summed E-state index contributed by atoms with van der Waals surface area (Å²) in [4.78, 5) is 0. The second-order valence-electron chi connectivity index (χ2n) is 2.82. The van der Waals surface area contributed by atoms with Gasteiger partial charge < -0.3 is 9.15 Å². The van der Waals surface area contributed by atoms with Gasteiger partial charge in [0.05, 0.1) is 9.67 Å². The molecule has 0 aromatic carbocycles. The van der Waals surface area contributed by atoms with Crippen LogP contribution < -0.4 is 0 Å². The SMILES string of the molecule is COC(C)c1c(C)oc(C)c1I. The summed E-state index contributed by atoms with van der Waals surface area (Å²) in [5.41, 5.74) is 1.18. The highest BCUT2D eigenvalue weighted by Gasteiger charge is 2.17. The molecule has 12 heavy (non-hydrogen) atoms. The summed E-state index contributed by atoms with van der Waals surface area (Å²) in [6.07, 6.45) is 0.120. The van der Waals surface area contributed by atoms with Crippen LogP contribution in [-0.4, -0.2) is 7.11 Å². The Bertz CT molecular complexity index is 278. The molecule has 0 aliphatic carbocycles. The lowest BCUT2D eigenvalue weighted by atomic mass is 10.1. The van der Waals surface area contributed by atoms with Gasteiger partial charge >= 0.3 is 0 Å². The van der Waals surface area contributed by atoms with Crippen LogP contribution in [0.15, 0.2) is 4.42 Å². The number of hydrogen-bond acceptors (Lipinski definition) is 2. The lowest BCUT2D eigenvalue weighted by Gasteiger charge is -2.08. The monoisotopic (exact) mass is 280 g/mol. The fourth-order valence-electron chi connectivity index (χ4n) is 1.26. The smallest absolute Gasteiger partial charge is 0.114 e. The van der Waals surface area contributed by atoms with Crippen molar-refractivity contribution in [1.29, 1.82) is 0 Å². The predicted octanol–water partition coefficient (Wildman–Crippen LogP) is 3.21. The number of hydrogen-bond donors (Lipinski definition) is 0. The topological polar surface area (TPSA) is 22.4 Å². The number of ether oxygens (including phenoxy) is 1. The molecule has 68 valence electrons. The highest BCUT2D eigenvalue weighted by Crippen LogP contribution is 2.30. The molecule has 1 rings (SSSR count). The van der Waals surface area contributed by atoms with Gasteiger partial charge in [-0.05, 0) is 43.4 Å². The molecule has 1 aromatic heterocycles. The first kappa shape index (κ1) is 10.1. The van der Waals surface area contributed by atoms with Crippen molar-refractivity contribution >= 4 is 22.6 Å². The second kappa shape index (κ2) is 3.79. The van der Waals surface area contributed by atoms with Crippen LogP contribution in [0.3, 0.4) is 0 Å². The molecule has 0 aliphatic rings. The van der Waals surface area contributed by atoms with Gasteiger partial charge in [0.1, 0.15) is 11.5 Å². The zero-order valence-electron chi connectivity index (χ0n) is 7.77. The van der Waals surface area contributed by atoms with Crippen LogP contribution in [0.2, 0.25) is 0 Å². The standard InChI is InChI=1S/C9H13IO2/c1-5(11-4)8-6(2)12-7(3)9(8)10/h5H,1-4H3. The predicted molar refractivity (Wildman–Crippen MR) is 56.3 cm³/mol. The van der Waals surface area contributed by atoms with E-state index in [1.807, 2.05) is 20.8 Å². The van der Waals surface area contributed by atoms with Crippen LogP contribution in [-0.2, 0) is 4.74 Å². The van der Waals surface area contributed by atoms with Crippen LogP contribution in [0.4, 0.5) is 0 Å². The Morgan fingerprint density at radius 3 is 2.25 bits per heavy atom. The van der Waals surface area contributed by atoms with Crippen molar-refractivity contribution in [3.8, 4) is 0 Å². The molecule has 0 spiro atoms. The van der Waals surface area contributed by atoms with E-state index in [2.05, 4.69) is 22.6 Å².